The molecule has 17 heavy (non-hydrogen) atoms. The Morgan fingerprint density at radius 2 is 2.29 bits per heavy atom. The highest BCUT2D eigenvalue weighted by atomic mass is 16.5. The van der Waals surface area contributed by atoms with Crippen LogP contribution in [0, 0.1) is 11.8 Å². The SMILES string of the molecule is CCOC1CCCN(C(=O)[C@@H]2CNC[C@H]2C)C1. The van der Waals surface area contributed by atoms with Gasteiger partial charge >= 0.3 is 0 Å². The Bertz CT molecular complexity index is 268. The van der Waals surface area contributed by atoms with Crippen LogP contribution in [0.15, 0.2) is 0 Å². The zero-order chi connectivity index (χ0) is 12.3. The molecule has 3 atom stereocenters. The summed E-state index contributed by atoms with van der Waals surface area (Å²) in [4.78, 5) is 14.4. The molecule has 2 rings (SSSR count). The lowest BCUT2D eigenvalue weighted by Crippen LogP contribution is -2.47. The molecule has 1 amide bonds. The zero-order valence-electron chi connectivity index (χ0n) is 10.9. The highest BCUT2D eigenvalue weighted by Gasteiger charge is 2.34. The Morgan fingerprint density at radius 3 is 2.94 bits per heavy atom. The number of carbonyl (C=O) groups excluding carboxylic acids is 1. The number of likely N-dealkylation sites (tertiary alicyclic amines) is 1. The van der Waals surface area contributed by atoms with E-state index in [4.69, 9.17) is 4.74 Å². The van der Waals surface area contributed by atoms with Gasteiger partial charge in [0, 0.05) is 26.2 Å². The maximum Gasteiger partial charge on any atom is 0.227 e. The number of hydrogen-bond donors (Lipinski definition) is 1. The van der Waals surface area contributed by atoms with Crippen molar-refractivity contribution in [3.05, 3.63) is 0 Å². The summed E-state index contributed by atoms with van der Waals surface area (Å²) >= 11 is 0. The van der Waals surface area contributed by atoms with E-state index in [2.05, 4.69) is 12.2 Å². The molecule has 2 fully saturated rings. The van der Waals surface area contributed by atoms with Gasteiger partial charge in [-0.1, -0.05) is 6.92 Å². The van der Waals surface area contributed by atoms with E-state index in [0.717, 1.165) is 45.6 Å². The van der Waals surface area contributed by atoms with E-state index in [1.165, 1.54) is 0 Å². The minimum Gasteiger partial charge on any atom is -0.377 e. The molecule has 0 saturated carbocycles. The Morgan fingerprint density at radius 1 is 1.47 bits per heavy atom. The van der Waals surface area contributed by atoms with Gasteiger partial charge in [-0.3, -0.25) is 4.79 Å². The van der Waals surface area contributed by atoms with Crippen LogP contribution in [0.5, 0.6) is 0 Å². The minimum absolute atomic E-state index is 0.176. The number of carbonyl (C=O) groups is 1. The number of nitrogens with zero attached hydrogens (tertiary/aromatic N) is 1. The normalized spacial score (nSPS) is 34.0. The Labute approximate surface area is 104 Å². The fourth-order valence-electron chi connectivity index (χ4n) is 2.89. The first-order valence-corrected chi connectivity index (χ1v) is 6.83. The third kappa shape index (κ3) is 2.99. The number of amides is 1. The summed E-state index contributed by atoms with van der Waals surface area (Å²) in [7, 11) is 0. The summed E-state index contributed by atoms with van der Waals surface area (Å²) in [5.74, 6) is 0.970. The van der Waals surface area contributed by atoms with Crippen LogP contribution < -0.4 is 5.32 Å². The van der Waals surface area contributed by atoms with Crippen LogP contribution in [0.1, 0.15) is 26.7 Å². The van der Waals surface area contributed by atoms with Crippen molar-refractivity contribution in [1.82, 2.24) is 10.2 Å². The zero-order valence-corrected chi connectivity index (χ0v) is 10.9. The van der Waals surface area contributed by atoms with E-state index in [1.807, 2.05) is 11.8 Å². The molecule has 0 spiro atoms. The van der Waals surface area contributed by atoms with Gasteiger partial charge in [0.1, 0.15) is 0 Å². The summed E-state index contributed by atoms with van der Waals surface area (Å²) < 4.78 is 5.64. The van der Waals surface area contributed by atoms with Crippen LogP contribution in [0.3, 0.4) is 0 Å². The molecule has 4 heteroatoms. The number of rotatable bonds is 3. The molecule has 0 aromatic carbocycles. The van der Waals surface area contributed by atoms with Crippen molar-refractivity contribution < 1.29 is 9.53 Å². The van der Waals surface area contributed by atoms with Gasteiger partial charge in [-0.05, 0) is 32.2 Å². The number of hydrogen-bond acceptors (Lipinski definition) is 3. The van der Waals surface area contributed by atoms with Crippen LogP contribution in [-0.4, -0.2) is 49.7 Å². The smallest absolute Gasteiger partial charge is 0.227 e. The Balaban J connectivity index is 1.90. The van der Waals surface area contributed by atoms with Crippen LogP contribution in [-0.2, 0) is 9.53 Å². The second kappa shape index (κ2) is 5.83. The molecule has 0 aliphatic carbocycles. The Kier molecular flexibility index (Phi) is 4.40. The maximum absolute atomic E-state index is 12.4. The molecule has 98 valence electrons. The molecule has 0 bridgehead atoms. The summed E-state index contributed by atoms with van der Waals surface area (Å²) in [5.41, 5.74) is 0. The maximum atomic E-state index is 12.4. The summed E-state index contributed by atoms with van der Waals surface area (Å²) in [6, 6.07) is 0. The van der Waals surface area contributed by atoms with Crippen molar-refractivity contribution in [2.24, 2.45) is 11.8 Å². The van der Waals surface area contributed by atoms with Crippen LogP contribution in [0.4, 0.5) is 0 Å². The molecule has 2 heterocycles. The van der Waals surface area contributed by atoms with Gasteiger partial charge in [0.2, 0.25) is 5.91 Å². The average Bonchev–Trinajstić information content (AvgIpc) is 2.75. The van der Waals surface area contributed by atoms with Crippen LogP contribution in [0.2, 0.25) is 0 Å². The largest absolute Gasteiger partial charge is 0.377 e. The lowest BCUT2D eigenvalue weighted by molar-refractivity contribution is -0.140. The van der Waals surface area contributed by atoms with Crippen molar-refractivity contribution >= 4 is 5.91 Å². The molecule has 0 aromatic heterocycles. The molecular weight excluding hydrogens is 216 g/mol. The fraction of sp³-hybridized carbons (Fsp3) is 0.923. The summed E-state index contributed by atoms with van der Waals surface area (Å²) in [5, 5.41) is 3.30. The minimum atomic E-state index is 0.176. The van der Waals surface area contributed by atoms with Crippen molar-refractivity contribution in [1.29, 1.82) is 0 Å². The first-order valence-electron chi connectivity index (χ1n) is 6.83. The van der Waals surface area contributed by atoms with Crippen molar-refractivity contribution in [2.45, 2.75) is 32.8 Å². The molecule has 4 nitrogen and oxygen atoms in total. The van der Waals surface area contributed by atoms with Gasteiger partial charge in [0.05, 0.1) is 12.0 Å². The number of nitrogens with one attached hydrogen (secondary N) is 1. The predicted molar refractivity (Wildman–Crippen MR) is 66.8 cm³/mol. The van der Waals surface area contributed by atoms with Crippen molar-refractivity contribution in [3.8, 4) is 0 Å². The average molecular weight is 240 g/mol. The van der Waals surface area contributed by atoms with E-state index in [0.29, 0.717) is 11.8 Å². The highest BCUT2D eigenvalue weighted by Crippen LogP contribution is 2.22. The van der Waals surface area contributed by atoms with E-state index in [9.17, 15) is 4.79 Å². The molecule has 2 saturated heterocycles. The van der Waals surface area contributed by atoms with Crippen LogP contribution in [0.25, 0.3) is 0 Å². The standard InChI is InChI=1S/C13H24N2O2/c1-3-17-11-5-4-6-15(9-11)13(16)12-8-14-7-10(12)2/h10-12,14H,3-9H2,1-2H3/t10-,11?,12-/m1/s1. The van der Waals surface area contributed by atoms with Gasteiger partial charge in [-0.2, -0.15) is 0 Å². The summed E-state index contributed by atoms with van der Waals surface area (Å²) in [6.45, 7) is 8.43. The molecule has 0 radical (unpaired) electrons. The fourth-order valence-corrected chi connectivity index (χ4v) is 2.89. The molecule has 1 N–H and O–H groups in total. The van der Waals surface area contributed by atoms with Crippen LogP contribution >= 0.6 is 0 Å². The predicted octanol–water partition coefficient (Wildman–Crippen LogP) is 0.869. The lowest BCUT2D eigenvalue weighted by Gasteiger charge is -2.34. The van der Waals surface area contributed by atoms with Gasteiger partial charge in [-0.15, -0.1) is 0 Å². The summed E-state index contributed by atoms with van der Waals surface area (Å²) in [6.07, 6.45) is 2.42. The van der Waals surface area contributed by atoms with Crippen molar-refractivity contribution in [2.75, 3.05) is 32.8 Å². The first kappa shape index (κ1) is 12.8. The lowest BCUT2D eigenvalue weighted by atomic mass is 9.95. The van der Waals surface area contributed by atoms with Gasteiger partial charge in [-0.25, -0.2) is 0 Å². The molecular formula is C13H24N2O2. The van der Waals surface area contributed by atoms with Gasteiger partial charge in [0.15, 0.2) is 0 Å². The second-order valence-electron chi connectivity index (χ2n) is 5.25. The first-order chi connectivity index (χ1) is 8.22. The molecule has 2 aliphatic rings. The third-order valence-electron chi connectivity index (χ3n) is 3.93. The van der Waals surface area contributed by atoms with E-state index >= 15 is 0 Å². The molecule has 0 aromatic rings. The van der Waals surface area contributed by atoms with E-state index < -0.39 is 0 Å². The third-order valence-corrected chi connectivity index (χ3v) is 3.93. The monoisotopic (exact) mass is 240 g/mol. The molecule has 2 aliphatic heterocycles. The molecule has 1 unspecified atom stereocenters. The second-order valence-corrected chi connectivity index (χ2v) is 5.25. The van der Waals surface area contributed by atoms with Gasteiger partial charge < -0.3 is 15.0 Å². The van der Waals surface area contributed by atoms with Crippen molar-refractivity contribution in [3.63, 3.8) is 0 Å². The van der Waals surface area contributed by atoms with E-state index in [-0.39, 0.29) is 12.0 Å². The highest BCUT2D eigenvalue weighted by molar-refractivity contribution is 5.79. The Hall–Kier alpha value is -0.610. The number of piperidine rings is 1. The van der Waals surface area contributed by atoms with E-state index in [1.54, 1.807) is 0 Å². The quantitative estimate of drug-likeness (QED) is 0.796. The number of ether oxygens (including phenoxy) is 1. The topological polar surface area (TPSA) is 41.6 Å². The van der Waals surface area contributed by atoms with Gasteiger partial charge in [0.25, 0.3) is 0 Å².